The van der Waals surface area contributed by atoms with Gasteiger partial charge in [0.2, 0.25) is 5.91 Å². The Morgan fingerprint density at radius 3 is 2.62 bits per heavy atom. The summed E-state index contributed by atoms with van der Waals surface area (Å²) in [6.07, 6.45) is 4.25. The van der Waals surface area contributed by atoms with Crippen molar-refractivity contribution in [2.45, 2.75) is 32.1 Å². The topological polar surface area (TPSA) is 76.3 Å². The van der Waals surface area contributed by atoms with E-state index in [0.29, 0.717) is 25.9 Å². The largest absolute Gasteiger partial charge is 0.369 e. The Balaban J connectivity index is 1.71. The molecular weight excluding hydrogens is 302 g/mol. The maximum Gasteiger partial charge on any atom is 0.254 e. The first kappa shape index (κ1) is 15.1. The lowest BCUT2D eigenvalue weighted by atomic mass is 9.94. The first-order valence-corrected chi connectivity index (χ1v) is 8.64. The monoisotopic (exact) mass is 323 g/mol. The predicted molar refractivity (Wildman–Crippen MR) is 91.6 cm³/mol. The van der Waals surface area contributed by atoms with Crippen LogP contribution < -0.4 is 5.73 Å². The molecule has 0 saturated carbocycles. The van der Waals surface area contributed by atoms with Crippen LogP contribution >= 0.6 is 0 Å². The number of primary amides is 1. The number of para-hydroxylation sites is 1. The van der Waals surface area contributed by atoms with Gasteiger partial charge in [-0.3, -0.25) is 14.6 Å². The third-order valence-corrected chi connectivity index (χ3v) is 5.32. The van der Waals surface area contributed by atoms with Crippen molar-refractivity contribution in [2.24, 2.45) is 11.7 Å². The van der Waals surface area contributed by atoms with Crippen molar-refractivity contribution in [1.82, 2.24) is 9.88 Å². The molecule has 24 heavy (non-hydrogen) atoms. The molecule has 2 amide bonds. The fraction of sp³-hybridized carbons (Fsp3) is 0.421. The minimum absolute atomic E-state index is 0.0784. The molecule has 0 radical (unpaired) electrons. The van der Waals surface area contributed by atoms with Crippen LogP contribution in [0.25, 0.3) is 10.9 Å². The van der Waals surface area contributed by atoms with E-state index in [1.807, 2.05) is 29.2 Å². The van der Waals surface area contributed by atoms with Crippen LogP contribution in [-0.2, 0) is 17.6 Å². The first-order chi connectivity index (χ1) is 11.6. The molecule has 2 aliphatic rings. The Kier molecular flexibility index (Phi) is 3.71. The van der Waals surface area contributed by atoms with Gasteiger partial charge in [0.25, 0.3) is 5.91 Å². The number of likely N-dealkylation sites (tertiary alicyclic amines) is 1. The van der Waals surface area contributed by atoms with E-state index in [1.54, 1.807) is 0 Å². The summed E-state index contributed by atoms with van der Waals surface area (Å²) in [4.78, 5) is 31.2. The highest BCUT2D eigenvalue weighted by Gasteiger charge is 2.30. The van der Waals surface area contributed by atoms with Gasteiger partial charge in [0, 0.05) is 30.1 Å². The van der Waals surface area contributed by atoms with E-state index in [-0.39, 0.29) is 17.7 Å². The summed E-state index contributed by atoms with van der Waals surface area (Å²) in [5, 5.41) is 0.945. The number of fused-ring (bicyclic) bond motifs is 2. The summed E-state index contributed by atoms with van der Waals surface area (Å²) in [5.41, 5.74) is 9.31. The second-order valence-electron chi connectivity index (χ2n) is 6.75. The Bertz CT molecular complexity index is 823. The van der Waals surface area contributed by atoms with Crippen LogP contribution in [0.5, 0.6) is 0 Å². The van der Waals surface area contributed by atoms with Crippen LogP contribution in [0.15, 0.2) is 24.3 Å². The molecule has 1 fully saturated rings. The van der Waals surface area contributed by atoms with Crippen LogP contribution in [0.2, 0.25) is 0 Å². The molecule has 2 heterocycles. The summed E-state index contributed by atoms with van der Waals surface area (Å²) in [6.45, 7) is 1.19. The number of piperidine rings is 1. The van der Waals surface area contributed by atoms with E-state index in [4.69, 9.17) is 10.7 Å². The average molecular weight is 323 g/mol. The minimum atomic E-state index is -0.252. The van der Waals surface area contributed by atoms with Crippen LogP contribution in [0.1, 0.15) is 40.9 Å². The number of aryl methyl sites for hydroxylation is 1. The third kappa shape index (κ3) is 2.44. The number of aromatic nitrogens is 1. The van der Waals surface area contributed by atoms with Gasteiger partial charge in [-0.25, -0.2) is 0 Å². The van der Waals surface area contributed by atoms with E-state index in [9.17, 15) is 9.59 Å². The molecule has 1 aliphatic heterocycles. The highest BCUT2D eigenvalue weighted by atomic mass is 16.2. The standard InChI is InChI=1S/C19H21N3O2/c20-18(23)12-8-10-22(11-9-12)19(24)17-13-4-1-2-6-15(13)21-16-7-3-5-14(16)17/h1-2,4,6,12H,3,5,7-11H2,(H2,20,23). The number of carbonyl (C=O) groups excluding carboxylic acids is 2. The van der Waals surface area contributed by atoms with Gasteiger partial charge in [-0.15, -0.1) is 0 Å². The lowest BCUT2D eigenvalue weighted by Gasteiger charge is -2.31. The lowest BCUT2D eigenvalue weighted by Crippen LogP contribution is -2.42. The third-order valence-electron chi connectivity index (χ3n) is 5.32. The molecule has 2 N–H and O–H groups in total. The number of nitrogens with two attached hydrogens (primary N) is 1. The average Bonchev–Trinajstić information content (AvgIpc) is 3.07. The molecule has 1 aromatic heterocycles. The number of carbonyl (C=O) groups is 2. The van der Waals surface area contributed by atoms with Crippen molar-refractivity contribution >= 4 is 22.7 Å². The molecule has 5 nitrogen and oxygen atoms in total. The molecule has 2 aromatic rings. The second kappa shape index (κ2) is 5.89. The van der Waals surface area contributed by atoms with Gasteiger partial charge in [0.15, 0.2) is 0 Å². The molecule has 5 heteroatoms. The highest BCUT2D eigenvalue weighted by molar-refractivity contribution is 6.07. The lowest BCUT2D eigenvalue weighted by molar-refractivity contribution is -0.123. The van der Waals surface area contributed by atoms with Crippen molar-refractivity contribution in [3.8, 4) is 0 Å². The zero-order valence-electron chi connectivity index (χ0n) is 13.6. The Morgan fingerprint density at radius 2 is 1.88 bits per heavy atom. The van der Waals surface area contributed by atoms with Crippen molar-refractivity contribution in [3.63, 3.8) is 0 Å². The molecule has 1 aromatic carbocycles. The van der Waals surface area contributed by atoms with E-state index >= 15 is 0 Å². The van der Waals surface area contributed by atoms with Gasteiger partial charge in [0.05, 0.1) is 11.1 Å². The number of nitrogens with zero attached hydrogens (tertiary/aromatic N) is 2. The number of pyridine rings is 1. The summed E-state index contributed by atoms with van der Waals surface area (Å²) >= 11 is 0. The van der Waals surface area contributed by atoms with Crippen LogP contribution in [0.3, 0.4) is 0 Å². The minimum Gasteiger partial charge on any atom is -0.369 e. The van der Waals surface area contributed by atoms with Crippen LogP contribution in [-0.4, -0.2) is 34.8 Å². The fourth-order valence-electron chi connectivity index (χ4n) is 3.98. The maximum absolute atomic E-state index is 13.2. The molecule has 0 spiro atoms. The summed E-state index contributed by atoms with van der Waals surface area (Å²) in [5.74, 6) is -0.277. The quantitative estimate of drug-likeness (QED) is 0.919. The number of amides is 2. The van der Waals surface area contributed by atoms with Gasteiger partial charge in [-0.2, -0.15) is 0 Å². The number of rotatable bonds is 2. The molecule has 1 aliphatic carbocycles. The maximum atomic E-state index is 13.2. The number of benzene rings is 1. The first-order valence-electron chi connectivity index (χ1n) is 8.64. The van der Waals surface area contributed by atoms with Gasteiger partial charge in [-0.1, -0.05) is 18.2 Å². The predicted octanol–water partition coefficient (Wildman–Crippen LogP) is 2.06. The van der Waals surface area contributed by atoms with Crippen molar-refractivity contribution < 1.29 is 9.59 Å². The van der Waals surface area contributed by atoms with E-state index in [1.165, 1.54) is 0 Å². The molecule has 1 saturated heterocycles. The molecule has 4 rings (SSSR count). The van der Waals surface area contributed by atoms with Crippen molar-refractivity contribution in [3.05, 3.63) is 41.1 Å². The molecule has 0 atom stereocenters. The van der Waals surface area contributed by atoms with Crippen LogP contribution in [0.4, 0.5) is 0 Å². The summed E-state index contributed by atoms with van der Waals surface area (Å²) < 4.78 is 0. The van der Waals surface area contributed by atoms with Gasteiger partial charge in [-0.05, 0) is 43.7 Å². The molecule has 124 valence electrons. The Labute approximate surface area is 140 Å². The van der Waals surface area contributed by atoms with E-state index in [0.717, 1.165) is 47.0 Å². The zero-order valence-corrected chi connectivity index (χ0v) is 13.6. The summed E-state index contributed by atoms with van der Waals surface area (Å²) in [6, 6.07) is 7.89. The highest BCUT2D eigenvalue weighted by Crippen LogP contribution is 2.31. The Morgan fingerprint density at radius 1 is 1.12 bits per heavy atom. The van der Waals surface area contributed by atoms with Gasteiger partial charge >= 0.3 is 0 Å². The Hall–Kier alpha value is -2.43. The van der Waals surface area contributed by atoms with Crippen molar-refractivity contribution in [1.29, 1.82) is 0 Å². The SMILES string of the molecule is NC(=O)C1CCN(C(=O)c2c3c(nc4ccccc24)CCC3)CC1. The van der Waals surface area contributed by atoms with Crippen molar-refractivity contribution in [2.75, 3.05) is 13.1 Å². The fourth-order valence-corrected chi connectivity index (χ4v) is 3.98. The second-order valence-corrected chi connectivity index (χ2v) is 6.75. The van der Waals surface area contributed by atoms with E-state index in [2.05, 4.69) is 0 Å². The van der Waals surface area contributed by atoms with Gasteiger partial charge in [0.1, 0.15) is 0 Å². The van der Waals surface area contributed by atoms with Crippen LogP contribution in [0, 0.1) is 5.92 Å². The zero-order chi connectivity index (χ0) is 16.7. The van der Waals surface area contributed by atoms with Gasteiger partial charge < -0.3 is 10.6 Å². The molecule has 0 unspecified atom stereocenters. The smallest absolute Gasteiger partial charge is 0.254 e. The molecule has 0 bridgehead atoms. The molecular formula is C19H21N3O2. The number of hydrogen-bond donors (Lipinski definition) is 1. The summed E-state index contributed by atoms with van der Waals surface area (Å²) in [7, 11) is 0. The normalized spacial score (nSPS) is 17.9. The van der Waals surface area contributed by atoms with E-state index < -0.39 is 0 Å². The number of hydrogen-bond acceptors (Lipinski definition) is 3.